The predicted molar refractivity (Wildman–Crippen MR) is 96.8 cm³/mol. The summed E-state index contributed by atoms with van der Waals surface area (Å²) in [7, 11) is 0. The van der Waals surface area contributed by atoms with Gasteiger partial charge in [0.1, 0.15) is 6.10 Å². The number of ether oxygens (including phenoxy) is 1. The van der Waals surface area contributed by atoms with Crippen molar-refractivity contribution in [3.05, 3.63) is 28.8 Å². The quantitative estimate of drug-likeness (QED) is 0.885. The van der Waals surface area contributed by atoms with Crippen LogP contribution >= 0.6 is 11.6 Å². The molecule has 0 aromatic heterocycles. The topological polar surface area (TPSA) is 61.9 Å². The number of nitrogens with zero attached hydrogens (tertiary/aromatic N) is 2. The molecule has 2 heterocycles. The standard InChI is InChI=1S/C18H24ClN3O3/c1-13-4-5-15(14(19)11-13)20-17(23)12-21-6-8-22(9-7-21)18(24)16-3-2-10-25-16/h4-5,11,16H,2-3,6-10,12H2,1H3,(H,20,23). The maximum absolute atomic E-state index is 12.3. The summed E-state index contributed by atoms with van der Waals surface area (Å²) in [5.74, 6) is -0.00213. The molecule has 1 unspecified atom stereocenters. The van der Waals surface area contributed by atoms with Crippen LogP contribution in [0.15, 0.2) is 18.2 Å². The van der Waals surface area contributed by atoms with Gasteiger partial charge in [-0.25, -0.2) is 0 Å². The van der Waals surface area contributed by atoms with Crippen LogP contribution in [0.4, 0.5) is 5.69 Å². The number of anilines is 1. The lowest BCUT2D eigenvalue weighted by Crippen LogP contribution is -2.52. The highest BCUT2D eigenvalue weighted by Gasteiger charge is 2.30. The predicted octanol–water partition coefficient (Wildman–Crippen LogP) is 1.91. The first-order valence-electron chi connectivity index (χ1n) is 8.71. The Morgan fingerprint density at radius 3 is 2.68 bits per heavy atom. The Bertz CT molecular complexity index is 638. The SMILES string of the molecule is Cc1ccc(NC(=O)CN2CCN(C(=O)C3CCCO3)CC2)c(Cl)c1. The van der Waals surface area contributed by atoms with Crippen molar-refractivity contribution < 1.29 is 14.3 Å². The minimum absolute atomic E-state index is 0.0908. The molecule has 2 amide bonds. The van der Waals surface area contributed by atoms with E-state index in [1.807, 2.05) is 30.0 Å². The number of benzene rings is 1. The molecule has 0 saturated carbocycles. The molecule has 136 valence electrons. The van der Waals surface area contributed by atoms with Gasteiger partial charge in [-0.3, -0.25) is 14.5 Å². The Hall–Kier alpha value is -1.63. The van der Waals surface area contributed by atoms with Gasteiger partial charge in [0.15, 0.2) is 0 Å². The summed E-state index contributed by atoms with van der Waals surface area (Å²) in [6.45, 7) is 5.58. The molecule has 0 spiro atoms. The third kappa shape index (κ3) is 4.71. The molecule has 0 radical (unpaired) electrons. The van der Waals surface area contributed by atoms with E-state index in [1.54, 1.807) is 0 Å². The fraction of sp³-hybridized carbons (Fsp3) is 0.556. The fourth-order valence-corrected chi connectivity index (χ4v) is 3.50. The van der Waals surface area contributed by atoms with Crippen LogP contribution in [0.2, 0.25) is 5.02 Å². The lowest BCUT2D eigenvalue weighted by atomic mass is 10.2. The van der Waals surface area contributed by atoms with Crippen molar-refractivity contribution in [1.82, 2.24) is 9.80 Å². The van der Waals surface area contributed by atoms with Crippen LogP contribution in [0.3, 0.4) is 0 Å². The summed E-state index contributed by atoms with van der Waals surface area (Å²) in [5.41, 5.74) is 1.68. The van der Waals surface area contributed by atoms with Gasteiger partial charge < -0.3 is 15.0 Å². The number of aryl methyl sites for hydroxylation is 1. The molecule has 1 aromatic carbocycles. The Labute approximate surface area is 153 Å². The number of hydrogen-bond acceptors (Lipinski definition) is 4. The molecule has 7 heteroatoms. The van der Waals surface area contributed by atoms with Crippen LogP contribution in [0, 0.1) is 6.92 Å². The van der Waals surface area contributed by atoms with Crippen LogP contribution in [-0.4, -0.2) is 67.0 Å². The third-order valence-corrected chi connectivity index (χ3v) is 4.97. The Morgan fingerprint density at radius 2 is 2.04 bits per heavy atom. The number of piperazine rings is 1. The number of carbonyl (C=O) groups is 2. The number of amides is 2. The van der Waals surface area contributed by atoms with Crippen molar-refractivity contribution in [2.24, 2.45) is 0 Å². The molecule has 2 aliphatic rings. The molecule has 0 aliphatic carbocycles. The van der Waals surface area contributed by atoms with Gasteiger partial charge in [-0.1, -0.05) is 17.7 Å². The van der Waals surface area contributed by atoms with E-state index in [-0.39, 0.29) is 17.9 Å². The number of halogens is 1. The van der Waals surface area contributed by atoms with Crippen molar-refractivity contribution in [3.63, 3.8) is 0 Å². The fourth-order valence-electron chi connectivity index (χ4n) is 3.22. The van der Waals surface area contributed by atoms with Crippen molar-refractivity contribution in [2.75, 3.05) is 44.6 Å². The summed E-state index contributed by atoms with van der Waals surface area (Å²) < 4.78 is 5.46. The Morgan fingerprint density at radius 1 is 1.28 bits per heavy atom. The Kier molecular flexibility index (Phi) is 5.93. The van der Waals surface area contributed by atoms with Gasteiger partial charge in [-0.2, -0.15) is 0 Å². The maximum atomic E-state index is 12.3. The molecule has 2 fully saturated rings. The zero-order valence-corrected chi connectivity index (χ0v) is 15.2. The molecule has 1 atom stereocenters. The lowest BCUT2D eigenvalue weighted by Gasteiger charge is -2.35. The summed E-state index contributed by atoms with van der Waals surface area (Å²) in [5, 5.41) is 3.39. The average molecular weight is 366 g/mol. The molecule has 3 rings (SSSR count). The largest absolute Gasteiger partial charge is 0.368 e. The van der Waals surface area contributed by atoms with E-state index in [2.05, 4.69) is 10.2 Å². The molecule has 1 aromatic rings. The van der Waals surface area contributed by atoms with E-state index in [9.17, 15) is 9.59 Å². The van der Waals surface area contributed by atoms with Crippen LogP contribution in [0.5, 0.6) is 0 Å². The lowest BCUT2D eigenvalue weighted by molar-refractivity contribution is -0.142. The second kappa shape index (κ2) is 8.17. The third-order valence-electron chi connectivity index (χ3n) is 4.65. The zero-order valence-electron chi connectivity index (χ0n) is 14.5. The molecule has 1 N–H and O–H groups in total. The number of carbonyl (C=O) groups excluding carboxylic acids is 2. The van der Waals surface area contributed by atoms with Crippen molar-refractivity contribution in [2.45, 2.75) is 25.9 Å². The maximum Gasteiger partial charge on any atom is 0.251 e. The highest BCUT2D eigenvalue weighted by atomic mass is 35.5. The van der Waals surface area contributed by atoms with Crippen LogP contribution in [-0.2, 0) is 14.3 Å². The first-order valence-corrected chi connectivity index (χ1v) is 9.09. The van der Waals surface area contributed by atoms with Gasteiger partial charge in [-0.05, 0) is 37.5 Å². The van der Waals surface area contributed by atoms with Gasteiger partial charge in [0.25, 0.3) is 5.91 Å². The minimum atomic E-state index is -0.265. The monoisotopic (exact) mass is 365 g/mol. The van der Waals surface area contributed by atoms with Crippen molar-refractivity contribution >= 4 is 29.1 Å². The molecule has 2 saturated heterocycles. The summed E-state index contributed by atoms with van der Waals surface area (Å²) in [4.78, 5) is 28.5. The summed E-state index contributed by atoms with van der Waals surface area (Å²) in [6.07, 6.45) is 1.51. The number of hydrogen-bond donors (Lipinski definition) is 1. The smallest absolute Gasteiger partial charge is 0.251 e. The first kappa shape index (κ1) is 18.2. The molecule has 6 nitrogen and oxygen atoms in total. The number of nitrogens with one attached hydrogen (secondary N) is 1. The highest BCUT2D eigenvalue weighted by molar-refractivity contribution is 6.33. The van der Waals surface area contributed by atoms with Gasteiger partial charge in [0, 0.05) is 32.8 Å². The minimum Gasteiger partial charge on any atom is -0.368 e. The van der Waals surface area contributed by atoms with E-state index >= 15 is 0 Å². The molecule has 2 aliphatic heterocycles. The van der Waals surface area contributed by atoms with Crippen molar-refractivity contribution in [1.29, 1.82) is 0 Å². The summed E-state index contributed by atoms with van der Waals surface area (Å²) >= 11 is 6.15. The second-order valence-corrected chi connectivity index (χ2v) is 7.04. The molecule has 0 bridgehead atoms. The van der Waals surface area contributed by atoms with E-state index in [1.165, 1.54) is 0 Å². The van der Waals surface area contributed by atoms with E-state index in [4.69, 9.17) is 16.3 Å². The van der Waals surface area contributed by atoms with Crippen LogP contribution in [0.25, 0.3) is 0 Å². The molecular formula is C18H24ClN3O3. The van der Waals surface area contributed by atoms with Crippen molar-refractivity contribution in [3.8, 4) is 0 Å². The zero-order chi connectivity index (χ0) is 17.8. The van der Waals surface area contributed by atoms with E-state index < -0.39 is 0 Å². The van der Waals surface area contributed by atoms with Crippen LogP contribution < -0.4 is 5.32 Å². The van der Waals surface area contributed by atoms with Gasteiger partial charge in [0.2, 0.25) is 5.91 Å². The van der Waals surface area contributed by atoms with Gasteiger partial charge in [-0.15, -0.1) is 0 Å². The van der Waals surface area contributed by atoms with Gasteiger partial charge in [0.05, 0.1) is 17.3 Å². The highest BCUT2D eigenvalue weighted by Crippen LogP contribution is 2.22. The normalized spacial score (nSPS) is 21.4. The molecular weight excluding hydrogens is 342 g/mol. The van der Waals surface area contributed by atoms with Gasteiger partial charge >= 0.3 is 0 Å². The second-order valence-electron chi connectivity index (χ2n) is 6.63. The van der Waals surface area contributed by atoms with E-state index in [0.717, 1.165) is 18.4 Å². The average Bonchev–Trinajstić information content (AvgIpc) is 3.12. The first-order chi connectivity index (χ1) is 12.0. The van der Waals surface area contributed by atoms with E-state index in [0.29, 0.717) is 50.0 Å². The number of rotatable bonds is 4. The Balaban J connectivity index is 1.45. The summed E-state index contributed by atoms with van der Waals surface area (Å²) in [6, 6.07) is 5.55. The molecule has 25 heavy (non-hydrogen) atoms. The van der Waals surface area contributed by atoms with Crippen LogP contribution in [0.1, 0.15) is 18.4 Å².